The van der Waals surface area contributed by atoms with Crippen LogP contribution in [0.2, 0.25) is 0 Å². The van der Waals surface area contributed by atoms with E-state index in [4.69, 9.17) is 10.5 Å². The van der Waals surface area contributed by atoms with E-state index in [2.05, 4.69) is 20.3 Å². The first kappa shape index (κ1) is 11.4. The molecule has 0 aliphatic carbocycles. The first-order valence-electron chi connectivity index (χ1n) is 4.63. The molecule has 15 heavy (non-hydrogen) atoms. The number of aliphatic hydroxyl groups excluding tert-OH is 1. The number of aromatic nitrogens is 3. The number of hydrogen-bond donors (Lipinski definition) is 3. The average molecular weight is 213 g/mol. The molecule has 84 valence electrons. The maximum absolute atomic E-state index is 9.32. The quantitative estimate of drug-likeness (QED) is 0.613. The highest BCUT2D eigenvalue weighted by Crippen LogP contribution is 2.08. The Labute approximate surface area is 87.7 Å². The maximum Gasteiger partial charge on any atom is 0.322 e. The smallest absolute Gasteiger partial charge is 0.322 e. The third-order valence-electron chi connectivity index (χ3n) is 1.78. The van der Waals surface area contributed by atoms with E-state index >= 15 is 0 Å². The molecule has 0 saturated carbocycles. The zero-order valence-corrected chi connectivity index (χ0v) is 8.77. The minimum Gasteiger partial charge on any atom is -0.467 e. The number of anilines is 2. The molecule has 0 bridgehead atoms. The largest absolute Gasteiger partial charge is 0.467 e. The molecule has 0 aliphatic rings. The molecule has 0 radical (unpaired) electrons. The van der Waals surface area contributed by atoms with E-state index in [1.165, 1.54) is 7.11 Å². The van der Waals surface area contributed by atoms with Crippen molar-refractivity contribution in [3.8, 4) is 6.01 Å². The van der Waals surface area contributed by atoms with Crippen molar-refractivity contribution in [1.29, 1.82) is 0 Å². The Morgan fingerprint density at radius 2 is 2.20 bits per heavy atom. The fraction of sp³-hybridized carbons (Fsp3) is 0.625. The summed E-state index contributed by atoms with van der Waals surface area (Å²) < 4.78 is 4.82. The van der Waals surface area contributed by atoms with Crippen LogP contribution < -0.4 is 15.8 Å². The predicted molar refractivity (Wildman–Crippen MR) is 55.6 cm³/mol. The van der Waals surface area contributed by atoms with Crippen molar-refractivity contribution in [2.45, 2.75) is 19.4 Å². The molecule has 1 aromatic heterocycles. The van der Waals surface area contributed by atoms with Crippen LogP contribution in [0.1, 0.15) is 13.3 Å². The number of hydrogen-bond acceptors (Lipinski definition) is 7. The number of nitrogens with zero attached hydrogens (tertiary/aromatic N) is 3. The molecule has 4 N–H and O–H groups in total. The fourth-order valence-corrected chi connectivity index (χ4v) is 0.896. The van der Waals surface area contributed by atoms with Crippen LogP contribution in [-0.4, -0.2) is 39.8 Å². The van der Waals surface area contributed by atoms with Gasteiger partial charge in [0.2, 0.25) is 11.9 Å². The van der Waals surface area contributed by atoms with Crippen molar-refractivity contribution in [2.24, 2.45) is 0 Å². The SMILES string of the molecule is CCC(O)CNc1nc(N)nc(OC)n1. The summed E-state index contributed by atoms with van der Waals surface area (Å²) in [5.74, 6) is 0.377. The Balaban J connectivity index is 2.64. The predicted octanol–water partition coefficient (Wildman–Crippen LogP) is -0.355. The summed E-state index contributed by atoms with van der Waals surface area (Å²) in [6.45, 7) is 2.25. The van der Waals surface area contributed by atoms with Gasteiger partial charge in [0, 0.05) is 6.54 Å². The van der Waals surface area contributed by atoms with Crippen molar-refractivity contribution in [2.75, 3.05) is 24.7 Å². The van der Waals surface area contributed by atoms with Crippen LogP contribution in [0, 0.1) is 0 Å². The Morgan fingerprint density at radius 3 is 2.80 bits per heavy atom. The number of nitrogens with two attached hydrogens (primary N) is 1. The summed E-state index contributed by atoms with van der Waals surface area (Å²) >= 11 is 0. The third-order valence-corrected chi connectivity index (χ3v) is 1.78. The molecule has 1 aromatic rings. The summed E-state index contributed by atoms with van der Waals surface area (Å²) in [5.41, 5.74) is 5.43. The molecule has 7 nitrogen and oxygen atoms in total. The highest BCUT2D eigenvalue weighted by atomic mass is 16.5. The second kappa shape index (κ2) is 5.30. The summed E-state index contributed by atoms with van der Waals surface area (Å²) in [4.78, 5) is 11.5. The molecule has 1 atom stereocenters. The van der Waals surface area contributed by atoms with Crippen LogP contribution in [0.25, 0.3) is 0 Å². The van der Waals surface area contributed by atoms with Crippen molar-refractivity contribution < 1.29 is 9.84 Å². The summed E-state index contributed by atoms with van der Waals surface area (Å²) in [6.07, 6.45) is 0.221. The minimum atomic E-state index is -0.436. The zero-order valence-electron chi connectivity index (χ0n) is 8.77. The van der Waals surface area contributed by atoms with Gasteiger partial charge < -0.3 is 20.9 Å². The highest BCUT2D eigenvalue weighted by molar-refractivity contribution is 5.32. The van der Waals surface area contributed by atoms with Crippen LogP contribution in [0.3, 0.4) is 0 Å². The second-order valence-electron chi connectivity index (χ2n) is 2.95. The van der Waals surface area contributed by atoms with E-state index in [1.807, 2.05) is 6.92 Å². The van der Waals surface area contributed by atoms with Gasteiger partial charge in [0.15, 0.2) is 0 Å². The van der Waals surface area contributed by atoms with Gasteiger partial charge in [-0.25, -0.2) is 0 Å². The van der Waals surface area contributed by atoms with E-state index < -0.39 is 6.10 Å². The van der Waals surface area contributed by atoms with Crippen LogP contribution >= 0.6 is 0 Å². The number of rotatable bonds is 5. The molecule has 0 saturated heterocycles. The lowest BCUT2D eigenvalue weighted by Crippen LogP contribution is -2.20. The lowest BCUT2D eigenvalue weighted by molar-refractivity contribution is 0.183. The molecular weight excluding hydrogens is 198 g/mol. The van der Waals surface area contributed by atoms with Gasteiger partial charge in [0.1, 0.15) is 0 Å². The van der Waals surface area contributed by atoms with Crippen LogP contribution in [0.4, 0.5) is 11.9 Å². The van der Waals surface area contributed by atoms with Gasteiger partial charge in [0.05, 0.1) is 13.2 Å². The topological polar surface area (TPSA) is 106 Å². The monoisotopic (exact) mass is 213 g/mol. The Morgan fingerprint density at radius 1 is 1.47 bits per heavy atom. The average Bonchev–Trinajstić information content (AvgIpc) is 2.25. The number of nitrogens with one attached hydrogen (secondary N) is 1. The van der Waals surface area contributed by atoms with E-state index in [0.717, 1.165) is 0 Å². The molecular formula is C8H15N5O2. The Kier molecular flexibility index (Phi) is 4.04. The summed E-state index contributed by atoms with van der Waals surface area (Å²) in [6, 6.07) is 0.149. The first-order chi connectivity index (χ1) is 7.15. The van der Waals surface area contributed by atoms with Gasteiger partial charge in [-0.05, 0) is 6.42 Å². The Hall–Kier alpha value is -1.63. The Bertz CT molecular complexity index is 320. The number of nitrogen functional groups attached to an aromatic ring is 1. The number of aliphatic hydroxyl groups is 1. The van der Waals surface area contributed by atoms with Gasteiger partial charge in [-0.1, -0.05) is 6.92 Å². The van der Waals surface area contributed by atoms with Crippen molar-refractivity contribution in [3.05, 3.63) is 0 Å². The van der Waals surface area contributed by atoms with E-state index in [-0.39, 0.29) is 12.0 Å². The third kappa shape index (κ3) is 3.55. The minimum absolute atomic E-state index is 0.0790. The van der Waals surface area contributed by atoms with Gasteiger partial charge in [-0.15, -0.1) is 0 Å². The molecule has 0 aliphatic heterocycles. The van der Waals surface area contributed by atoms with Gasteiger partial charge >= 0.3 is 6.01 Å². The molecule has 1 unspecified atom stereocenters. The fourth-order valence-electron chi connectivity index (χ4n) is 0.896. The van der Waals surface area contributed by atoms with Crippen LogP contribution in [-0.2, 0) is 0 Å². The van der Waals surface area contributed by atoms with Crippen LogP contribution in [0.15, 0.2) is 0 Å². The zero-order chi connectivity index (χ0) is 11.3. The van der Waals surface area contributed by atoms with Crippen molar-refractivity contribution >= 4 is 11.9 Å². The van der Waals surface area contributed by atoms with E-state index in [1.54, 1.807) is 0 Å². The normalized spacial score (nSPS) is 12.2. The van der Waals surface area contributed by atoms with Crippen molar-refractivity contribution in [1.82, 2.24) is 15.0 Å². The molecule has 1 rings (SSSR count). The van der Waals surface area contributed by atoms with Gasteiger partial charge in [-0.2, -0.15) is 15.0 Å². The molecule has 1 heterocycles. The summed E-state index contributed by atoms with van der Waals surface area (Å²) in [5, 5.41) is 12.2. The lowest BCUT2D eigenvalue weighted by atomic mass is 10.3. The van der Waals surface area contributed by atoms with Gasteiger partial charge in [-0.3, -0.25) is 0 Å². The van der Waals surface area contributed by atoms with Crippen molar-refractivity contribution in [3.63, 3.8) is 0 Å². The first-order valence-corrected chi connectivity index (χ1v) is 4.63. The standard InChI is InChI=1S/C8H15N5O2/c1-3-5(14)4-10-7-11-6(9)12-8(13-7)15-2/h5,14H,3-4H2,1-2H3,(H3,9,10,11,12,13). The van der Waals surface area contributed by atoms with Crippen LogP contribution in [0.5, 0.6) is 6.01 Å². The highest BCUT2D eigenvalue weighted by Gasteiger charge is 2.05. The maximum atomic E-state index is 9.32. The number of ether oxygens (including phenoxy) is 1. The lowest BCUT2D eigenvalue weighted by Gasteiger charge is -2.09. The molecule has 0 spiro atoms. The van der Waals surface area contributed by atoms with E-state index in [9.17, 15) is 5.11 Å². The molecule has 7 heteroatoms. The van der Waals surface area contributed by atoms with Gasteiger partial charge in [0.25, 0.3) is 0 Å². The molecule has 0 aromatic carbocycles. The molecule has 0 fully saturated rings. The second-order valence-corrected chi connectivity index (χ2v) is 2.95. The molecule has 0 amide bonds. The van der Waals surface area contributed by atoms with E-state index in [0.29, 0.717) is 18.9 Å². The number of methoxy groups -OCH3 is 1. The summed E-state index contributed by atoms with van der Waals surface area (Å²) in [7, 11) is 1.44.